The molecule has 1 unspecified atom stereocenters. The summed E-state index contributed by atoms with van der Waals surface area (Å²) in [5.74, 6) is 0.941. The first-order valence-corrected chi connectivity index (χ1v) is 10.8. The van der Waals surface area contributed by atoms with Gasteiger partial charge in [0.25, 0.3) is 0 Å². The fraction of sp³-hybridized carbons (Fsp3) is 0.739. The molecule has 0 aromatic carbocycles. The first-order valence-electron chi connectivity index (χ1n) is 10.3. The molecule has 1 N–H and O–H groups in total. The number of hydrogen-bond donors (Lipinski definition) is 1. The van der Waals surface area contributed by atoms with Crippen molar-refractivity contribution in [2.45, 2.75) is 65.4 Å². The summed E-state index contributed by atoms with van der Waals surface area (Å²) in [5.41, 5.74) is -0.836. The van der Waals surface area contributed by atoms with E-state index in [4.69, 9.17) is 11.6 Å². The molecule has 0 saturated heterocycles. The molecule has 7 atom stereocenters. The molecular weight excluding hydrogens is 360 g/mol. The lowest BCUT2D eigenvalue weighted by Crippen LogP contribution is -2.63. The van der Waals surface area contributed by atoms with Crippen molar-refractivity contribution >= 4 is 23.2 Å². The lowest BCUT2D eigenvalue weighted by atomic mass is 9.43. The van der Waals surface area contributed by atoms with Crippen LogP contribution in [-0.4, -0.2) is 28.2 Å². The van der Waals surface area contributed by atoms with E-state index in [9.17, 15) is 14.7 Å². The van der Waals surface area contributed by atoms with Gasteiger partial charge in [-0.15, -0.1) is 11.6 Å². The smallest absolute Gasteiger partial charge is 0.178 e. The van der Waals surface area contributed by atoms with Crippen LogP contribution in [0.15, 0.2) is 23.8 Å². The average molecular weight is 391 g/mol. The van der Waals surface area contributed by atoms with Crippen molar-refractivity contribution in [2.75, 3.05) is 5.88 Å². The molecule has 0 heterocycles. The van der Waals surface area contributed by atoms with Gasteiger partial charge in [-0.2, -0.15) is 0 Å². The number of fused-ring (bicyclic) bond motifs is 5. The summed E-state index contributed by atoms with van der Waals surface area (Å²) in [6, 6.07) is 0. The lowest BCUT2D eigenvalue weighted by Gasteiger charge is -2.62. The van der Waals surface area contributed by atoms with Crippen LogP contribution in [0, 0.1) is 34.0 Å². The van der Waals surface area contributed by atoms with Crippen LogP contribution in [0.5, 0.6) is 0 Å². The number of alkyl halides is 1. The van der Waals surface area contributed by atoms with E-state index >= 15 is 0 Å². The molecular formula is C23H31ClO3. The molecule has 4 heteroatoms. The largest absolute Gasteiger partial charge is 0.388 e. The van der Waals surface area contributed by atoms with Crippen LogP contribution in [0.4, 0.5) is 0 Å². The maximum Gasteiger partial charge on any atom is 0.178 e. The minimum absolute atomic E-state index is 0.0277. The van der Waals surface area contributed by atoms with Gasteiger partial charge >= 0.3 is 0 Å². The number of carbonyl (C=O) groups excluding carboxylic acids is 2. The molecule has 0 bridgehead atoms. The molecule has 3 fully saturated rings. The topological polar surface area (TPSA) is 54.4 Å². The van der Waals surface area contributed by atoms with Crippen LogP contribution in [0.25, 0.3) is 0 Å². The Balaban J connectivity index is 1.78. The minimum atomic E-state index is -0.854. The normalized spacial score (nSPS) is 51.3. The third-order valence-corrected chi connectivity index (χ3v) is 9.85. The zero-order valence-corrected chi connectivity index (χ0v) is 17.6. The predicted molar refractivity (Wildman–Crippen MR) is 106 cm³/mol. The number of aliphatic hydroxyl groups is 1. The predicted octanol–water partition coefficient (Wildman–Crippen LogP) is 4.47. The zero-order chi connectivity index (χ0) is 19.8. The molecule has 0 amide bonds. The molecule has 27 heavy (non-hydrogen) atoms. The first-order chi connectivity index (χ1) is 12.5. The highest BCUT2D eigenvalue weighted by molar-refractivity contribution is 6.28. The Morgan fingerprint density at radius 3 is 2.63 bits per heavy atom. The van der Waals surface area contributed by atoms with E-state index < -0.39 is 16.4 Å². The molecule has 4 rings (SSSR count). The van der Waals surface area contributed by atoms with Gasteiger partial charge in [0.15, 0.2) is 11.6 Å². The summed E-state index contributed by atoms with van der Waals surface area (Å²) in [6.45, 7) is 8.65. The van der Waals surface area contributed by atoms with Crippen LogP contribution >= 0.6 is 11.6 Å². The Morgan fingerprint density at radius 2 is 1.96 bits per heavy atom. The van der Waals surface area contributed by atoms with Gasteiger partial charge in [0.2, 0.25) is 0 Å². The minimum Gasteiger partial charge on any atom is -0.388 e. The standard InChI is InChI=1S/C23H31ClO3/c1-14-11-18-17-6-5-15-12-16(25)7-8-20(15,2)23(17,27)10-9-21(18,3)22(14,4)19(26)13-24/h7-8,12,14,17-18,27H,5-6,9-11,13H2,1-4H3/t14?,17-,18-,20-,21-,22+,23+/m0/s1. The number of rotatable bonds is 2. The summed E-state index contributed by atoms with van der Waals surface area (Å²) in [6.07, 6.45) is 9.48. The monoisotopic (exact) mass is 390 g/mol. The van der Waals surface area contributed by atoms with Crippen LogP contribution in [0.3, 0.4) is 0 Å². The zero-order valence-electron chi connectivity index (χ0n) is 16.8. The van der Waals surface area contributed by atoms with Crippen molar-refractivity contribution in [1.82, 2.24) is 0 Å². The van der Waals surface area contributed by atoms with Crippen LogP contribution in [-0.2, 0) is 9.59 Å². The maximum absolute atomic E-state index is 12.9. The Hall–Kier alpha value is -0.930. The second-order valence-corrected chi connectivity index (χ2v) is 10.4. The number of hydrogen-bond acceptors (Lipinski definition) is 3. The Labute approximate surface area is 167 Å². The van der Waals surface area contributed by atoms with Crippen molar-refractivity contribution in [2.24, 2.45) is 34.0 Å². The number of carbonyl (C=O) groups is 2. The molecule has 4 aliphatic carbocycles. The van der Waals surface area contributed by atoms with E-state index in [1.165, 1.54) is 0 Å². The van der Waals surface area contributed by atoms with Crippen molar-refractivity contribution in [3.8, 4) is 0 Å². The van der Waals surface area contributed by atoms with Crippen molar-refractivity contribution in [1.29, 1.82) is 0 Å². The maximum atomic E-state index is 12.9. The van der Waals surface area contributed by atoms with Gasteiger partial charge in [0.1, 0.15) is 0 Å². The number of halogens is 1. The van der Waals surface area contributed by atoms with E-state index in [2.05, 4.69) is 27.7 Å². The summed E-state index contributed by atoms with van der Waals surface area (Å²) in [4.78, 5) is 24.8. The second-order valence-electron chi connectivity index (χ2n) is 10.1. The van der Waals surface area contributed by atoms with E-state index in [-0.39, 0.29) is 34.7 Å². The summed E-state index contributed by atoms with van der Waals surface area (Å²) in [7, 11) is 0. The van der Waals surface area contributed by atoms with Crippen LogP contribution in [0.1, 0.15) is 59.8 Å². The van der Waals surface area contributed by atoms with Gasteiger partial charge in [-0.1, -0.05) is 32.4 Å². The molecule has 4 aliphatic rings. The van der Waals surface area contributed by atoms with Crippen molar-refractivity contribution < 1.29 is 14.7 Å². The van der Waals surface area contributed by atoms with Crippen molar-refractivity contribution in [3.05, 3.63) is 23.8 Å². The van der Waals surface area contributed by atoms with Crippen LogP contribution in [0.2, 0.25) is 0 Å². The Kier molecular flexibility index (Phi) is 4.16. The Bertz CT molecular complexity index is 770. The van der Waals surface area contributed by atoms with Gasteiger partial charge in [-0.3, -0.25) is 9.59 Å². The molecule has 3 nitrogen and oxygen atoms in total. The fourth-order valence-electron chi connectivity index (χ4n) is 7.45. The van der Waals surface area contributed by atoms with Gasteiger partial charge in [-0.05, 0) is 74.3 Å². The van der Waals surface area contributed by atoms with E-state index in [1.807, 2.05) is 6.08 Å². The molecule has 3 saturated carbocycles. The Morgan fingerprint density at radius 1 is 1.26 bits per heavy atom. The quantitative estimate of drug-likeness (QED) is 0.707. The molecule has 0 aliphatic heterocycles. The number of allylic oxidation sites excluding steroid dienone is 2. The highest BCUT2D eigenvalue weighted by atomic mass is 35.5. The number of ketones is 2. The van der Waals surface area contributed by atoms with Gasteiger partial charge in [0.05, 0.1) is 11.5 Å². The lowest BCUT2D eigenvalue weighted by molar-refractivity contribution is -0.185. The summed E-state index contributed by atoms with van der Waals surface area (Å²) >= 11 is 6.02. The van der Waals surface area contributed by atoms with E-state index in [0.717, 1.165) is 31.3 Å². The summed E-state index contributed by atoms with van der Waals surface area (Å²) < 4.78 is 0. The highest BCUT2D eigenvalue weighted by Gasteiger charge is 2.70. The third kappa shape index (κ3) is 2.13. The first kappa shape index (κ1) is 19.4. The van der Waals surface area contributed by atoms with E-state index in [0.29, 0.717) is 12.3 Å². The van der Waals surface area contributed by atoms with Gasteiger partial charge in [-0.25, -0.2) is 0 Å². The SMILES string of the molecule is CC1C[C@H]2[C@@H]3CCC4=CC(=O)C=C[C@]4(C)[C@@]3(O)CC[C@]2(C)[C@@]1(C)C(=O)CCl. The fourth-order valence-corrected chi connectivity index (χ4v) is 7.73. The molecule has 0 aromatic rings. The highest BCUT2D eigenvalue weighted by Crippen LogP contribution is 2.72. The van der Waals surface area contributed by atoms with E-state index in [1.54, 1.807) is 12.2 Å². The number of Topliss-reactive ketones (excluding diaryl/α,β-unsaturated/α-hetero) is 1. The molecule has 148 valence electrons. The van der Waals surface area contributed by atoms with Crippen LogP contribution < -0.4 is 0 Å². The average Bonchev–Trinajstić information content (AvgIpc) is 2.84. The third-order valence-electron chi connectivity index (χ3n) is 9.61. The molecule has 0 aromatic heterocycles. The van der Waals surface area contributed by atoms with Crippen molar-refractivity contribution in [3.63, 3.8) is 0 Å². The molecule has 0 spiro atoms. The van der Waals surface area contributed by atoms with Gasteiger partial charge in [0, 0.05) is 10.8 Å². The summed E-state index contributed by atoms with van der Waals surface area (Å²) in [5, 5.41) is 12.0. The molecule has 0 radical (unpaired) electrons. The van der Waals surface area contributed by atoms with Gasteiger partial charge < -0.3 is 5.11 Å². The second kappa shape index (κ2) is 5.79.